The molecule has 0 bridgehead atoms. The van der Waals surface area contributed by atoms with Crippen molar-refractivity contribution in [3.63, 3.8) is 0 Å². The second kappa shape index (κ2) is 5.90. The van der Waals surface area contributed by atoms with Gasteiger partial charge in [-0.1, -0.05) is 0 Å². The van der Waals surface area contributed by atoms with Crippen LogP contribution >= 0.6 is 10.0 Å². The number of rotatable bonds is 2. The maximum absolute atomic E-state index is 10.3. The number of carboxylic acid groups (broad SMARTS) is 2. The molecule has 0 aliphatic carbocycles. The van der Waals surface area contributed by atoms with E-state index < -0.39 is 21.3 Å². The summed E-state index contributed by atoms with van der Waals surface area (Å²) in [6, 6.07) is 0. The summed E-state index contributed by atoms with van der Waals surface area (Å²) in [6.07, 6.45) is 0. The summed E-state index contributed by atoms with van der Waals surface area (Å²) < 4.78 is 0. The Morgan fingerprint density at radius 3 is 1.67 bits per heavy atom. The molecule has 1 aliphatic rings. The normalized spacial score (nSPS) is 19.3. The smallest absolute Gasteiger partial charge is 0.549 e. The van der Waals surface area contributed by atoms with Crippen molar-refractivity contribution in [1.29, 1.82) is 0 Å². The van der Waals surface area contributed by atoms with Gasteiger partial charge < -0.3 is 19.8 Å². The second-order valence-corrected chi connectivity index (χ2v) is 5.75. The predicted octanol–water partition coefficient (Wildman–Crippen LogP) is -8.09. The van der Waals surface area contributed by atoms with E-state index in [9.17, 15) is 19.8 Å². The van der Waals surface area contributed by atoms with Gasteiger partial charge in [0.1, 0.15) is 0 Å². The van der Waals surface area contributed by atoms with Crippen LogP contribution in [0.15, 0.2) is 0 Å². The summed E-state index contributed by atoms with van der Waals surface area (Å²) in [5.74, 6) is -0.626. The number of carbonyl (C=O) groups is 2. The minimum atomic E-state index is -1.90. The van der Waals surface area contributed by atoms with E-state index in [0.29, 0.717) is 11.5 Å². The van der Waals surface area contributed by atoms with E-state index in [4.69, 9.17) is 0 Å². The molecule has 1 saturated heterocycles. The van der Waals surface area contributed by atoms with Crippen LogP contribution in [-0.2, 0) is 4.79 Å². The maximum atomic E-state index is 10.3. The Labute approximate surface area is 116 Å². The Bertz CT molecular complexity index is 192. The molecule has 0 aromatic heterocycles. The standard InChI is InChI=1S/C5H8O4S.2Na/c6-4(7)3-10(1-2-10)5(8)9;;/h1-3H2,(H,6,7)(H,8,9);;/q;2*+1/p-2. The molecule has 7 heteroatoms. The fourth-order valence-electron chi connectivity index (χ4n) is 0.696. The second-order valence-electron chi connectivity index (χ2n) is 2.22. The quantitative estimate of drug-likeness (QED) is 0.333. The van der Waals surface area contributed by atoms with E-state index in [1.165, 1.54) is 0 Å². The fraction of sp³-hybridized carbons (Fsp3) is 0.600. The van der Waals surface area contributed by atoms with Gasteiger partial charge >= 0.3 is 59.1 Å². The number of carbonyl (C=O) groups excluding carboxylic acids is 2. The summed E-state index contributed by atoms with van der Waals surface area (Å²) in [5.41, 5.74) is 0. The van der Waals surface area contributed by atoms with Crippen molar-refractivity contribution in [3.05, 3.63) is 0 Å². The Balaban J connectivity index is 0. The Kier molecular flexibility index (Phi) is 7.75. The molecule has 12 heavy (non-hydrogen) atoms. The molecule has 0 aromatic carbocycles. The van der Waals surface area contributed by atoms with Crippen molar-refractivity contribution >= 4 is 21.3 Å². The molecule has 1 rings (SSSR count). The SMILES string of the molecule is O=C([O-])CS1(C(=O)[O-])CC1.[Na+].[Na+]. The first-order chi connectivity index (χ1) is 4.57. The molecule has 58 valence electrons. The van der Waals surface area contributed by atoms with Gasteiger partial charge in [0.15, 0.2) is 0 Å². The molecule has 0 aromatic rings. The monoisotopic (exact) mass is 208 g/mol. The number of hydrogen-bond acceptors (Lipinski definition) is 4. The first kappa shape index (κ1) is 15.7. The average molecular weight is 208 g/mol. The van der Waals surface area contributed by atoms with Crippen LogP contribution in [0.5, 0.6) is 0 Å². The molecule has 1 fully saturated rings. The Morgan fingerprint density at radius 1 is 1.17 bits per heavy atom. The summed E-state index contributed by atoms with van der Waals surface area (Å²) in [7, 11) is -1.90. The molecule has 0 atom stereocenters. The van der Waals surface area contributed by atoms with E-state index in [2.05, 4.69) is 0 Å². The topological polar surface area (TPSA) is 80.3 Å². The van der Waals surface area contributed by atoms with Crippen LogP contribution < -0.4 is 69.3 Å². The number of aliphatic carboxylic acids is 1. The number of hydrogen-bond donors (Lipinski definition) is 0. The van der Waals surface area contributed by atoms with E-state index in [-0.39, 0.29) is 64.9 Å². The van der Waals surface area contributed by atoms with Crippen LogP contribution in [0.3, 0.4) is 0 Å². The third kappa shape index (κ3) is 4.00. The summed E-state index contributed by atoms with van der Waals surface area (Å²) >= 11 is 0. The van der Waals surface area contributed by atoms with Gasteiger partial charge in [0, 0.05) is 5.75 Å². The van der Waals surface area contributed by atoms with Crippen LogP contribution in [0.4, 0.5) is 4.79 Å². The molecule has 0 unspecified atom stereocenters. The maximum Gasteiger partial charge on any atom is 1.00 e. The first-order valence-electron chi connectivity index (χ1n) is 2.74. The van der Waals surface area contributed by atoms with Gasteiger partial charge in [-0.25, -0.2) is 0 Å². The van der Waals surface area contributed by atoms with Gasteiger partial charge in [-0.15, -0.1) is 0 Å². The molecule has 0 radical (unpaired) electrons. The zero-order chi connectivity index (χ0) is 7.78. The van der Waals surface area contributed by atoms with Crippen LogP contribution in [0, 0.1) is 0 Å². The minimum Gasteiger partial charge on any atom is -0.549 e. The molecular weight excluding hydrogens is 202 g/mol. The summed E-state index contributed by atoms with van der Waals surface area (Å²) in [6.45, 7) is 0. The zero-order valence-corrected chi connectivity index (χ0v) is 12.0. The first-order valence-corrected chi connectivity index (χ1v) is 4.88. The number of carboxylic acids is 1. The van der Waals surface area contributed by atoms with Crippen LogP contribution in [0.25, 0.3) is 0 Å². The van der Waals surface area contributed by atoms with E-state index in [0.717, 1.165) is 0 Å². The van der Waals surface area contributed by atoms with Gasteiger partial charge in [0.05, 0.1) is 11.3 Å². The van der Waals surface area contributed by atoms with Gasteiger partial charge in [0.25, 0.3) is 0 Å². The third-order valence-electron chi connectivity index (χ3n) is 1.44. The third-order valence-corrected chi connectivity index (χ3v) is 4.33. The molecule has 1 heterocycles. The fourth-order valence-corrected chi connectivity index (χ4v) is 2.69. The molecule has 0 amide bonds. The van der Waals surface area contributed by atoms with Crippen molar-refractivity contribution in [2.45, 2.75) is 0 Å². The molecule has 4 nitrogen and oxygen atoms in total. The molecular formula is C5H6Na2O4S. The van der Waals surface area contributed by atoms with Crippen LogP contribution in [-0.4, -0.2) is 28.5 Å². The minimum absolute atomic E-state index is 0. The Morgan fingerprint density at radius 2 is 1.58 bits per heavy atom. The largest absolute Gasteiger partial charge is 1.00 e. The van der Waals surface area contributed by atoms with Gasteiger partial charge in [-0.3, -0.25) is 0 Å². The van der Waals surface area contributed by atoms with Gasteiger partial charge in [-0.05, 0) is 11.5 Å². The van der Waals surface area contributed by atoms with Crippen LogP contribution in [0.1, 0.15) is 0 Å². The van der Waals surface area contributed by atoms with Crippen molar-refractivity contribution in [2.24, 2.45) is 0 Å². The van der Waals surface area contributed by atoms with Crippen molar-refractivity contribution in [1.82, 2.24) is 0 Å². The molecule has 1 aliphatic heterocycles. The van der Waals surface area contributed by atoms with Crippen molar-refractivity contribution in [2.75, 3.05) is 17.3 Å². The Hall–Kier alpha value is 1.29. The van der Waals surface area contributed by atoms with Gasteiger partial charge in [0.2, 0.25) is 0 Å². The van der Waals surface area contributed by atoms with E-state index >= 15 is 0 Å². The van der Waals surface area contributed by atoms with Crippen LogP contribution in [0.2, 0.25) is 0 Å². The summed E-state index contributed by atoms with van der Waals surface area (Å²) in [5, 5.41) is 19.0. The van der Waals surface area contributed by atoms with Crippen molar-refractivity contribution < 1.29 is 78.9 Å². The van der Waals surface area contributed by atoms with Crippen molar-refractivity contribution in [3.8, 4) is 0 Å². The molecule has 0 N–H and O–H groups in total. The zero-order valence-electron chi connectivity index (χ0n) is 7.16. The predicted molar refractivity (Wildman–Crippen MR) is 32.6 cm³/mol. The average Bonchev–Trinajstić information content (AvgIpc) is 2.46. The summed E-state index contributed by atoms with van der Waals surface area (Å²) in [4.78, 5) is 20.2. The molecule has 0 spiro atoms. The molecule has 0 saturated carbocycles. The van der Waals surface area contributed by atoms with Gasteiger partial charge in [-0.2, -0.15) is 10.0 Å². The van der Waals surface area contributed by atoms with E-state index in [1.54, 1.807) is 0 Å². The van der Waals surface area contributed by atoms with E-state index in [1.807, 2.05) is 0 Å².